The van der Waals surface area contributed by atoms with E-state index in [1.165, 1.54) is 0 Å². The van der Waals surface area contributed by atoms with Gasteiger partial charge in [0.1, 0.15) is 0 Å². The lowest BCUT2D eigenvalue weighted by atomic mass is 9.89. The van der Waals surface area contributed by atoms with Crippen LogP contribution >= 0.6 is 23.4 Å². The van der Waals surface area contributed by atoms with Crippen LogP contribution in [0.25, 0.3) is 0 Å². The molecule has 21 heavy (non-hydrogen) atoms. The van der Waals surface area contributed by atoms with Crippen molar-refractivity contribution >= 4 is 29.3 Å². The summed E-state index contributed by atoms with van der Waals surface area (Å²) in [6.45, 7) is 2.62. The zero-order valence-corrected chi connectivity index (χ0v) is 13.7. The topological polar surface area (TPSA) is 38.3 Å². The van der Waals surface area contributed by atoms with E-state index in [-0.39, 0.29) is 17.6 Å². The molecule has 0 unspecified atom stereocenters. The lowest BCUT2D eigenvalue weighted by Gasteiger charge is -2.38. The minimum Gasteiger partial charge on any atom is -0.374 e. The van der Waals surface area contributed by atoms with Gasteiger partial charge in [-0.15, -0.1) is 0 Å². The first-order valence-electron chi connectivity index (χ1n) is 7.37. The molecule has 0 aliphatic carbocycles. The maximum atomic E-state index is 12.5. The van der Waals surface area contributed by atoms with Crippen molar-refractivity contribution in [3.05, 3.63) is 34.3 Å². The zero-order chi connectivity index (χ0) is 14.9. The van der Waals surface area contributed by atoms with Crippen molar-refractivity contribution in [1.29, 1.82) is 0 Å². The van der Waals surface area contributed by atoms with Crippen LogP contribution in [0, 0.1) is 6.92 Å². The molecular weight excluding hydrogens is 306 g/mol. The molecule has 1 spiro atoms. The number of thioether (sulfide) groups is 1. The van der Waals surface area contributed by atoms with Gasteiger partial charge in [-0.3, -0.25) is 4.79 Å². The Morgan fingerprint density at radius 1 is 1.52 bits per heavy atom. The van der Waals surface area contributed by atoms with Crippen LogP contribution in [0.2, 0.25) is 5.02 Å². The first-order chi connectivity index (χ1) is 10.1. The smallest absolute Gasteiger partial charge is 0.251 e. The van der Waals surface area contributed by atoms with Crippen molar-refractivity contribution < 1.29 is 9.53 Å². The van der Waals surface area contributed by atoms with Crippen LogP contribution < -0.4 is 5.32 Å². The van der Waals surface area contributed by atoms with Gasteiger partial charge in [-0.25, -0.2) is 0 Å². The van der Waals surface area contributed by atoms with E-state index < -0.39 is 0 Å². The SMILES string of the molecule is Cc1c(Cl)cccc1C(=O)N[C@H]1CCO[C@]2(CCSC2)C1. The Hall–Kier alpha value is -0.710. The summed E-state index contributed by atoms with van der Waals surface area (Å²) in [4.78, 5) is 12.5. The summed E-state index contributed by atoms with van der Waals surface area (Å²) in [7, 11) is 0. The van der Waals surface area contributed by atoms with Crippen molar-refractivity contribution in [1.82, 2.24) is 5.32 Å². The third-order valence-corrected chi connectivity index (χ3v) is 6.04. The third-order valence-electron chi connectivity index (χ3n) is 4.41. The van der Waals surface area contributed by atoms with E-state index in [4.69, 9.17) is 16.3 Å². The van der Waals surface area contributed by atoms with Crippen LogP contribution in [-0.2, 0) is 4.74 Å². The maximum absolute atomic E-state index is 12.5. The number of ether oxygens (including phenoxy) is 1. The summed E-state index contributed by atoms with van der Waals surface area (Å²) in [6, 6.07) is 5.66. The minimum atomic E-state index is -0.0253. The lowest BCUT2D eigenvalue weighted by molar-refractivity contribution is -0.0688. The van der Waals surface area contributed by atoms with Crippen LogP contribution in [0.5, 0.6) is 0 Å². The van der Waals surface area contributed by atoms with Crippen molar-refractivity contribution in [3.63, 3.8) is 0 Å². The molecule has 2 saturated heterocycles. The monoisotopic (exact) mass is 325 g/mol. The molecule has 0 radical (unpaired) electrons. The van der Waals surface area contributed by atoms with Crippen LogP contribution in [0.15, 0.2) is 18.2 Å². The molecular formula is C16H20ClNO2S. The van der Waals surface area contributed by atoms with Crippen molar-refractivity contribution in [2.45, 2.75) is 37.8 Å². The fourth-order valence-corrected chi connectivity index (χ4v) is 4.68. The number of carbonyl (C=O) groups is 1. The molecule has 2 aliphatic rings. The van der Waals surface area contributed by atoms with E-state index >= 15 is 0 Å². The van der Waals surface area contributed by atoms with Gasteiger partial charge in [0.25, 0.3) is 5.91 Å². The normalized spacial score (nSPS) is 28.8. The second kappa shape index (κ2) is 6.19. The van der Waals surface area contributed by atoms with Crippen molar-refractivity contribution in [2.24, 2.45) is 0 Å². The molecule has 1 aromatic rings. The lowest BCUT2D eigenvalue weighted by Crippen LogP contribution is -2.48. The highest BCUT2D eigenvalue weighted by molar-refractivity contribution is 7.99. The summed E-state index contributed by atoms with van der Waals surface area (Å²) in [5.74, 6) is 2.19. The van der Waals surface area contributed by atoms with Crippen LogP contribution in [0.1, 0.15) is 35.2 Å². The molecule has 1 aromatic carbocycles. The average Bonchev–Trinajstić information content (AvgIpc) is 2.89. The van der Waals surface area contributed by atoms with E-state index in [2.05, 4.69) is 5.32 Å². The summed E-state index contributed by atoms with van der Waals surface area (Å²) >= 11 is 8.04. The fourth-order valence-electron chi connectivity index (χ4n) is 3.13. The highest BCUT2D eigenvalue weighted by Crippen LogP contribution is 2.38. The standard InChI is InChI=1S/C16H20ClNO2S/c1-11-13(3-2-4-14(11)17)15(19)18-12-5-7-20-16(9-12)6-8-21-10-16/h2-4,12H,5-10H2,1H3,(H,18,19)/t12-,16+/m0/s1. The van der Waals surface area contributed by atoms with Crippen molar-refractivity contribution in [3.8, 4) is 0 Å². The molecule has 1 N–H and O–H groups in total. The van der Waals surface area contributed by atoms with E-state index in [1.54, 1.807) is 0 Å². The molecule has 3 nitrogen and oxygen atoms in total. The Labute approximate surface area is 134 Å². The summed E-state index contributed by atoms with van der Waals surface area (Å²) < 4.78 is 5.99. The first-order valence-corrected chi connectivity index (χ1v) is 8.91. The molecule has 2 heterocycles. The van der Waals surface area contributed by atoms with E-state index in [9.17, 15) is 4.79 Å². The largest absolute Gasteiger partial charge is 0.374 e. The van der Waals surface area contributed by atoms with Crippen LogP contribution in [0.3, 0.4) is 0 Å². The molecule has 0 aromatic heterocycles. The molecule has 2 atom stereocenters. The predicted molar refractivity (Wildman–Crippen MR) is 87.3 cm³/mol. The highest BCUT2D eigenvalue weighted by atomic mass is 35.5. The van der Waals surface area contributed by atoms with E-state index in [0.29, 0.717) is 10.6 Å². The van der Waals surface area contributed by atoms with Crippen LogP contribution in [0.4, 0.5) is 0 Å². The Bertz CT molecular complexity index is 543. The Kier molecular flexibility index (Phi) is 4.48. The second-order valence-corrected chi connectivity index (χ2v) is 7.42. The average molecular weight is 326 g/mol. The number of carbonyl (C=O) groups excluding carboxylic acids is 1. The summed E-state index contributed by atoms with van der Waals surface area (Å²) in [5.41, 5.74) is 1.50. The van der Waals surface area contributed by atoms with Gasteiger partial charge in [-0.2, -0.15) is 11.8 Å². The number of hydrogen-bond donors (Lipinski definition) is 1. The molecule has 5 heteroatoms. The first kappa shape index (κ1) is 15.2. The van der Waals surface area contributed by atoms with Crippen LogP contribution in [-0.4, -0.2) is 35.7 Å². The minimum absolute atomic E-state index is 0.00968. The number of amides is 1. The van der Waals surface area contributed by atoms with Gasteiger partial charge in [0.2, 0.25) is 0 Å². The molecule has 0 bridgehead atoms. The molecule has 114 valence electrons. The van der Waals surface area contributed by atoms with Gasteiger partial charge in [-0.1, -0.05) is 17.7 Å². The Morgan fingerprint density at radius 2 is 2.38 bits per heavy atom. The highest BCUT2D eigenvalue weighted by Gasteiger charge is 2.40. The molecule has 2 fully saturated rings. The third kappa shape index (κ3) is 3.22. The molecule has 3 rings (SSSR count). The number of nitrogens with one attached hydrogen (secondary N) is 1. The van der Waals surface area contributed by atoms with E-state index in [1.807, 2.05) is 36.9 Å². The number of hydrogen-bond acceptors (Lipinski definition) is 3. The number of rotatable bonds is 2. The second-order valence-electron chi connectivity index (χ2n) is 5.91. The van der Waals surface area contributed by atoms with E-state index in [0.717, 1.165) is 42.9 Å². The van der Waals surface area contributed by atoms with Gasteiger partial charge in [-0.05, 0) is 49.6 Å². The molecule has 1 amide bonds. The Morgan fingerprint density at radius 3 is 3.14 bits per heavy atom. The van der Waals surface area contributed by atoms with Gasteiger partial charge in [0.05, 0.1) is 5.60 Å². The quantitative estimate of drug-likeness (QED) is 0.905. The number of halogens is 1. The fraction of sp³-hybridized carbons (Fsp3) is 0.562. The summed E-state index contributed by atoms with van der Waals surface area (Å²) in [5, 5.41) is 3.80. The maximum Gasteiger partial charge on any atom is 0.251 e. The van der Waals surface area contributed by atoms with Gasteiger partial charge in [0, 0.05) is 29.0 Å². The molecule has 2 aliphatic heterocycles. The van der Waals surface area contributed by atoms with Gasteiger partial charge < -0.3 is 10.1 Å². The molecule has 0 saturated carbocycles. The van der Waals surface area contributed by atoms with Gasteiger partial charge in [0.15, 0.2) is 0 Å². The zero-order valence-electron chi connectivity index (χ0n) is 12.2. The van der Waals surface area contributed by atoms with Crippen molar-refractivity contribution in [2.75, 3.05) is 18.1 Å². The predicted octanol–water partition coefficient (Wildman–Crippen LogP) is 3.43. The number of benzene rings is 1. The Balaban J connectivity index is 1.68. The summed E-state index contributed by atoms with van der Waals surface area (Å²) in [6.07, 6.45) is 2.91. The van der Waals surface area contributed by atoms with Gasteiger partial charge >= 0.3 is 0 Å².